The van der Waals surface area contributed by atoms with Crippen molar-refractivity contribution in [2.45, 2.75) is 38.3 Å². The van der Waals surface area contributed by atoms with E-state index < -0.39 is 34.8 Å². The number of amidine groups is 1. The number of hydrogen-bond acceptors (Lipinski definition) is 5. The van der Waals surface area contributed by atoms with Crippen LogP contribution in [0.5, 0.6) is 0 Å². The highest BCUT2D eigenvalue weighted by molar-refractivity contribution is 5.82. The molecule has 3 aromatic rings. The zero-order chi connectivity index (χ0) is 21.8. The summed E-state index contributed by atoms with van der Waals surface area (Å²) in [5, 5.41) is 0. The fourth-order valence-corrected chi connectivity index (χ4v) is 3.32. The number of rotatable bonds is 2. The van der Waals surface area contributed by atoms with Gasteiger partial charge in [0.15, 0.2) is 5.58 Å². The molecule has 158 valence electrons. The fourth-order valence-electron chi connectivity index (χ4n) is 3.32. The summed E-state index contributed by atoms with van der Waals surface area (Å²) in [6.45, 7) is 3.84. The van der Waals surface area contributed by atoms with Crippen molar-refractivity contribution in [2.75, 3.05) is 6.61 Å². The van der Waals surface area contributed by atoms with Crippen LogP contribution in [0.4, 0.5) is 17.6 Å². The van der Waals surface area contributed by atoms with E-state index in [0.29, 0.717) is 17.2 Å². The molecule has 30 heavy (non-hydrogen) atoms. The fraction of sp³-hybridized carbons (Fsp3) is 0.333. The van der Waals surface area contributed by atoms with Gasteiger partial charge in [-0.1, -0.05) is 6.07 Å². The summed E-state index contributed by atoms with van der Waals surface area (Å²) in [4.78, 5) is 7.98. The Morgan fingerprint density at radius 1 is 1.10 bits per heavy atom. The van der Waals surface area contributed by atoms with Crippen LogP contribution in [0.1, 0.15) is 31.0 Å². The quantitative estimate of drug-likeness (QED) is 0.596. The molecule has 2 aromatic carbocycles. The van der Waals surface area contributed by atoms with Gasteiger partial charge in [0.2, 0.25) is 5.89 Å². The van der Waals surface area contributed by atoms with Crippen molar-refractivity contribution in [3.05, 3.63) is 53.1 Å². The number of nitrogens with two attached hydrogens (primary N) is 1. The van der Waals surface area contributed by atoms with Crippen molar-refractivity contribution in [1.29, 1.82) is 0 Å². The van der Waals surface area contributed by atoms with Gasteiger partial charge in [0, 0.05) is 11.6 Å². The van der Waals surface area contributed by atoms with Crippen molar-refractivity contribution >= 4 is 16.9 Å². The second kappa shape index (κ2) is 6.80. The Balaban J connectivity index is 1.89. The molecule has 1 aromatic heterocycles. The first-order chi connectivity index (χ1) is 14.0. The number of aliphatic imine (C=N–C) groups is 1. The number of oxazole rings is 1. The van der Waals surface area contributed by atoms with Crippen LogP contribution < -0.4 is 5.73 Å². The highest BCUT2D eigenvalue weighted by Crippen LogP contribution is 2.47. The van der Waals surface area contributed by atoms with Gasteiger partial charge in [-0.2, -0.15) is 0 Å². The Morgan fingerprint density at radius 2 is 1.83 bits per heavy atom. The van der Waals surface area contributed by atoms with Crippen LogP contribution in [0.2, 0.25) is 0 Å². The van der Waals surface area contributed by atoms with Crippen LogP contribution in [0.25, 0.3) is 22.6 Å². The number of ether oxygens (including phenoxy) is 1. The summed E-state index contributed by atoms with van der Waals surface area (Å²) in [5.74, 6) is -6.18. The number of aromatic nitrogens is 1. The van der Waals surface area contributed by atoms with E-state index in [1.807, 2.05) is 6.92 Å². The van der Waals surface area contributed by atoms with Gasteiger partial charge in [0.25, 0.3) is 0 Å². The molecule has 1 atom stereocenters. The molecule has 0 saturated carbocycles. The summed E-state index contributed by atoms with van der Waals surface area (Å²) < 4.78 is 70.4. The van der Waals surface area contributed by atoms with Gasteiger partial charge in [0.05, 0.1) is 5.56 Å². The molecule has 0 spiro atoms. The van der Waals surface area contributed by atoms with Crippen molar-refractivity contribution in [1.82, 2.24) is 4.98 Å². The smallest absolute Gasteiger partial charge is 0.301 e. The molecule has 4 rings (SSSR count). The topological polar surface area (TPSA) is 73.6 Å². The van der Waals surface area contributed by atoms with E-state index in [2.05, 4.69) is 9.98 Å². The Bertz CT molecular complexity index is 1170. The number of hydrogen-bond donors (Lipinski definition) is 1. The summed E-state index contributed by atoms with van der Waals surface area (Å²) in [6, 6.07) is 4.64. The van der Waals surface area contributed by atoms with E-state index in [1.165, 1.54) is 13.8 Å². The van der Waals surface area contributed by atoms with Crippen molar-refractivity contribution in [3.8, 4) is 11.5 Å². The minimum Gasteiger partial charge on any atom is -0.436 e. The van der Waals surface area contributed by atoms with E-state index in [0.717, 1.165) is 11.6 Å². The molecule has 0 saturated heterocycles. The van der Waals surface area contributed by atoms with E-state index in [9.17, 15) is 8.78 Å². The van der Waals surface area contributed by atoms with Gasteiger partial charge in [-0.25, -0.2) is 22.5 Å². The predicted molar refractivity (Wildman–Crippen MR) is 103 cm³/mol. The lowest BCUT2D eigenvalue weighted by Gasteiger charge is -2.35. The zero-order valence-electron chi connectivity index (χ0n) is 16.5. The van der Waals surface area contributed by atoms with Crippen molar-refractivity contribution in [3.63, 3.8) is 0 Å². The van der Waals surface area contributed by atoms with Gasteiger partial charge in [-0.3, -0.25) is 4.99 Å². The molecule has 0 radical (unpaired) electrons. The third-order valence-corrected chi connectivity index (χ3v) is 5.18. The Morgan fingerprint density at radius 3 is 2.57 bits per heavy atom. The van der Waals surface area contributed by atoms with Gasteiger partial charge in [0.1, 0.15) is 41.2 Å². The molecule has 0 amide bonds. The average Bonchev–Trinajstić information content (AvgIpc) is 3.04. The summed E-state index contributed by atoms with van der Waals surface area (Å²) in [5.41, 5.74) is 4.64. The lowest BCUT2D eigenvalue weighted by molar-refractivity contribution is -0.191. The molecule has 1 unspecified atom stereocenters. The van der Waals surface area contributed by atoms with E-state index in [-0.39, 0.29) is 23.9 Å². The third kappa shape index (κ3) is 3.23. The second-order valence-electron chi connectivity index (χ2n) is 7.79. The Labute approximate surface area is 169 Å². The molecule has 1 aliphatic rings. The molecule has 9 heteroatoms. The summed E-state index contributed by atoms with van der Waals surface area (Å²) >= 11 is 0. The summed E-state index contributed by atoms with van der Waals surface area (Å²) in [7, 11) is 0. The summed E-state index contributed by atoms with van der Waals surface area (Å²) in [6.07, 6.45) is 0. The van der Waals surface area contributed by atoms with Crippen molar-refractivity contribution in [2.24, 2.45) is 10.7 Å². The lowest BCUT2D eigenvalue weighted by Crippen LogP contribution is -2.48. The molecule has 2 heterocycles. The largest absolute Gasteiger partial charge is 0.436 e. The number of aryl methyl sites for hydroxylation is 1. The average molecular weight is 421 g/mol. The first-order valence-electron chi connectivity index (χ1n) is 9.20. The molecular formula is C21H19F4N3O2. The van der Waals surface area contributed by atoms with Gasteiger partial charge in [-0.15, -0.1) is 0 Å². The Hall–Kier alpha value is -2.94. The maximum Gasteiger partial charge on any atom is 0.301 e. The van der Waals surface area contributed by atoms with Crippen molar-refractivity contribution < 1.29 is 26.7 Å². The highest BCUT2D eigenvalue weighted by atomic mass is 19.3. The van der Waals surface area contributed by atoms with Gasteiger partial charge >= 0.3 is 5.92 Å². The van der Waals surface area contributed by atoms with E-state index in [4.69, 9.17) is 14.9 Å². The van der Waals surface area contributed by atoms with Gasteiger partial charge < -0.3 is 14.9 Å². The minimum absolute atomic E-state index is 0.154. The second-order valence-corrected chi connectivity index (χ2v) is 7.79. The molecule has 0 bridgehead atoms. The lowest BCUT2D eigenvalue weighted by atomic mass is 9.88. The predicted octanol–water partition coefficient (Wildman–Crippen LogP) is 4.92. The molecule has 0 aliphatic carbocycles. The molecule has 0 fully saturated rings. The van der Waals surface area contributed by atoms with Crippen LogP contribution in [0, 0.1) is 18.6 Å². The number of nitrogens with zero attached hydrogens (tertiary/aromatic N) is 2. The first-order valence-corrected chi connectivity index (χ1v) is 9.20. The molecule has 2 N–H and O–H groups in total. The molecular weight excluding hydrogens is 402 g/mol. The van der Waals surface area contributed by atoms with Crippen LogP contribution >= 0.6 is 0 Å². The maximum absolute atomic E-state index is 15.2. The zero-order valence-corrected chi connectivity index (χ0v) is 16.5. The highest BCUT2D eigenvalue weighted by Gasteiger charge is 2.56. The van der Waals surface area contributed by atoms with Crippen LogP contribution in [0.3, 0.4) is 0 Å². The normalized spacial score (nSPS) is 20.8. The monoisotopic (exact) mass is 421 g/mol. The van der Waals surface area contributed by atoms with Crippen LogP contribution in [-0.2, 0) is 4.74 Å². The SMILES string of the molecule is Cc1ccc2nc(-c3cc(C4N=C(N)COC(C)(C)C4(F)F)c(F)cc3F)oc2c1. The standard InChI is InChI=1S/C21H19F4N3O2/c1-10-4-5-15-16(6-10)30-19(27-15)12-7-11(13(22)8-14(12)23)18-21(24,25)20(2,3)29-9-17(26)28-18/h4-8,18H,9H2,1-3H3,(H2,26,28). The van der Waals surface area contributed by atoms with Gasteiger partial charge in [-0.05, 0) is 44.5 Å². The molecule has 5 nitrogen and oxygen atoms in total. The number of benzene rings is 2. The molecule has 1 aliphatic heterocycles. The number of alkyl halides is 2. The third-order valence-electron chi connectivity index (χ3n) is 5.18. The van der Waals surface area contributed by atoms with Crippen LogP contribution in [-0.4, -0.2) is 29.0 Å². The van der Waals surface area contributed by atoms with E-state index >= 15 is 8.78 Å². The maximum atomic E-state index is 15.2. The first kappa shape index (κ1) is 20.3. The minimum atomic E-state index is -3.64. The Kier molecular flexibility index (Phi) is 4.61. The number of halogens is 4. The van der Waals surface area contributed by atoms with Crippen LogP contribution in [0.15, 0.2) is 39.7 Å². The van der Waals surface area contributed by atoms with E-state index in [1.54, 1.807) is 18.2 Å². The number of fused-ring (bicyclic) bond motifs is 1.